The SMILES string of the molecule is CC(=O)O.CC(O)N=CC(=O)O.N.[Fe]. The van der Waals surface area contributed by atoms with Crippen molar-refractivity contribution in [1.29, 1.82) is 0 Å². The van der Waals surface area contributed by atoms with Crippen molar-refractivity contribution in [2.75, 3.05) is 0 Å². The van der Waals surface area contributed by atoms with Crippen molar-refractivity contribution >= 4 is 18.2 Å². The predicted octanol–water partition coefficient (Wildman–Crippen LogP) is -0.269. The molecule has 0 aromatic carbocycles. The summed E-state index contributed by atoms with van der Waals surface area (Å²) in [6.07, 6.45) is -0.268. The fraction of sp³-hybridized carbons (Fsp3) is 0.500. The molecular formula is C6H14FeN2O5. The van der Waals surface area contributed by atoms with E-state index in [4.69, 9.17) is 20.1 Å². The zero-order valence-corrected chi connectivity index (χ0v) is 8.92. The normalized spacial score (nSPS) is 9.93. The Kier molecular flexibility index (Phi) is 24.1. The second kappa shape index (κ2) is 14.6. The number of hydrogen-bond acceptors (Lipinski definition) is 5. The molecule has 0 aromatic rings. The quantitative estimate of drug-likeness (QED) is 0.392. The molecule has 0 fully saturated rings. The average molecular weight is 250 g/mol. The first kappa shape index (κ1) is 23.1. The Morgan fingerprint density at radius 3 is 1.71 bits per heavy atom. The Balaban J connectivity index is -0.0000000733. The van der Waals surface area contributed by atoms with Crippen molar-refractivity contribution in [2.45, 2.75) is 20.1 Å². The van der Waals surface area contributed by atoms with Crippen molar-refractivity contribution in [1.82, 2.24) is 6.15 Å². The van der Waals surface area contributed by atoms with Crippen molar-refractivity contribution in [2.24, 2.45) is 4.99 Å². The maximum absolute atomic E-state index is 9.64. The van der Waals surface area contributed by atoms with Gasteiger partial charge in [0.25, 0.3) is 5.97 Å². The van der Waals surface area contributed by atoms with Gasteiger partial charge in [0.2, 0.25) is 0 Å². The molecule has 14 heavy (non-hydrogen) atoms. The summed E-state index contributed by atoms with van der Waals surface area (Å²) in [7, 11) is 0. The second-order valence-electron chi connectivity index (χ2n) is 1.77. The molecule has 0 rings (SSSR count). The largest absolute Gasteiger partial charge is 0.481 e. The van der Waals surface area contributed by atoms with Gasteiger partial charge in [0.1, 0.15) is 12.4 Å². The summed E-state index contributed by atoms with van der Waals surface area (Å²) in [5.41, 5.74) is 0. The van der Waals surface area contributed by atoms with Gasteiger partial charge < -0.3 is 21.5 Å². The van der Waals surface area contributed by atoms with Crippen molar-refractivity contribution in [3.63, 3.8) is 0 Å². The average Bonchev–Trinajstić information content (AvgIpc) is 1.82. The number of carboxylic acid groups (broad SMARTS) is 2. The minimum atomic E-state index is -1.15. The zero-order valence-electron chi connectivity index (χ0n) is 7.82. The van der Waals surface area contributed by atoms with Gasteiger partial charge in [-0.1, -0.05) is 0 Å². The summed E-state index contributed by atoms with van der Waals surface area (Å²) in [6.45, 7) is 2.46. The maximum atomic E-state index is 9.64. The van der Waals surface area contributed by atoms with Crippen LogP contribution in [0.15, 0.2) is 4.99 Å². The Bertz CT molecular complexity index is 179. The first-order chi connectivity index (χ1) is 5.36. The van der Waals surface area contributed by atoms with Crippen molar-refractivity contribution in [3.8, 4) is 0 Å². The van der Waals surface area contributed by atoms with Crippen LogP contribution in [0.5, 0.6) is 0 Å². The first-order valence-corrected chi connectivity index (χ1v) is 3.00. The van der Waals surface area contributed by atoms with Crippen LogP contribution < -0.4 is 6.15 Å². The summed E-state index contributed by atoms with van der Waals surface area (Å²) in [6, 6.07) is 0. The minimum Gasteiger partial charge on any atom is -0.481 e. The third-order valence-corrected chi connectivity index (χ3v) is 0.401. The van der Waals surface area contributed by atoms with Gasteiger partial charge in [-0.3, -0.25) is 9.79 Å². The van der Waals surface area contributed by atoms with E-state index in [1.54, 1.807) is 0 Å². The number of hydrogen-bond donors (Lipinski definition) is 4. The van der Waals surface area contributed by atoms with Crippen LogP contribution in [0.3, 0.4) is 0 Å². The zero-order chi connectivity index (χ0) is 10.1. The Morgan fingerprint density at radius 1 is 1.36 bits per heavy atom. The molecule has 0 aliphatic carbocycles. The fourth-order valence-electron chi connectivity index (χ4n) is 0.172. The molecule has 0 amide bonds. The van der Waals surface area contributed by atoms with Gasteiger partial charge >= 0.3 is 5.97 Å². The monoisotopic (exact) mass is 250 g/mol. The van der Waals surface area contributed by atoms with Crippen LogP contribution in [-0.2, 0) is 26.7 Å². The van der Waals surface area contributed by atoms with Crippen molar-refractivity contribution in [3.05, 3.63) is 0 Å². The number of aliphatic hydroxyl groups excluding tert-OH is 1. The van der Waals surface area contributed by atoms with Crippen molar-refractivity contribution < 1.29 is 42.0 Å². The minimum absolute atomic E-state index is 0. The van der Waals surface area contributed by atoms with E-state index < -0.39 is 18.2 Å². The number of rotatable bonds is 2. The molecule has 8 heteroatoms. The number of aliphatic carboxylic acids is 2. The summed E-state index contributed by atoms with van der Waals surface area (Å²) in [5.74, 6) is -1.98. The Hall–Kier alpha value is -0.951. The Morgan fingerprint density at radius 2 is 1.64 bits per heavy atom. The van der Waals surface area contributed by atoms with Gasteiger partial charge in [-0.2, -0.15) is 0 Å². The van der Waals surface area contributed by atoms with Gasteiger partial charge in [0.15, 0.2) is 0 Å². The van der Waals surface area contributed by atoms with Crippen LogP contribution in [0.25, 0.3) is 0 Å². The molecule has 0 saturated heterocycles. The number of nitrogens with zero attached hydrogens (tertiary/aromatic N) is 1. The van der Waals surface area contributed by atoms with Crippen LogP contribution in [0.4, 0.5) is 0 Å². The van der Waals surface area contributed by atoms with E-state index in [1.165, 1.54) is 6.92 Å². The van der Waals surface area contributed by atoms with E-state index in [-0.39, 0.29) is 23.2 Å². The number of aliphatic hydroxyl groups is 1. The topological polar surface area (TPSA) is 142 Å². The third-order valence-electron chi connectivity index (χ3n) is 0.401. The van der Waals surface area contributed by atoms with Gasteiger partial charge in [-0.15, -0.1) is 0 Å². The molecule has 6 N–H and O–H groups in total. The van der Waals surface area contributed by atoms with E-state index in [1.807, 2.05) is 0 Å². The first-order valence-electron chi connectivity index (χ1n) is 3.00. The molecule has 0 bridgehead atoms. The number of aliphatic imine (C=N–C) groups is 1. The molecular weight excluding hydrogens is 236 g/mol. The second-order valence-corrected chi connectivity index (χ2v) is 1.77. The summed E-state index contributed by atoms with van der Waals surface area (Å²) in [4.78, 5) is 21.8. The molecule has 1 atom stereocenters. The van der Waals surface area contributed by atoms with E-state index in [0.717, 1.165) is 6.92 Å². The molecule has 0 radical (unpaired) electrons. The van der Waals surface area contributed by atoms with E-state index in [2.05, 4.69) is 4.99 Å². The smallest absolute Gasteiger partial charge is 0.346 e. The third kappa shape index (κ3) is 68.1. The predicted molar refractivity (Wildman–Crippen MR) is 46.1 cm³/mol. The number of carbonyl (C=O) groups is 2. The molecule has 0 spiro atoms. The van der Waals surface area contributed by atoms with Crippen LogP contribution in [-0.4, -0.2) is 39.7 Å². The Labute approximate surface area is 91.9 Å². The van der Waals surface area contributed by atoms with E-state index in [0.29, 0.717) is 6.21 Å². The molecule has 1 unspecified atom stereocenters. The van der Waals surface area contributed by atoms with Gasteiger partial charge in [0.05, 0.1) is 0 Å². The summed E-state index contributed by atoms with van der Waals surface area (Å²) >= 11 is 0. The summed E-state index contributed by atoms with van der Waals surface area (Å²) in [5, 5.41) is 23.7. The fourth-order valence-corrected chi connectivity index (χ4v) is 0.172. The van der Waals surface area contributed by atoms with Gasteiger partial charge in [-0.25, -0.2) is 4.79 Å². The summed E-state index contributed by atoms with van der Waals surface area (Å²) < 4.78 is 0. The molecule has 0 aliphatic heterocycles. The molecule has 86 valence electrons. The number of carboxylic acids is 2. The van der Waals surface area contributed by atoms with E-state index >= 15 is 0 Å². The standard InChI is InChI=1S/C4H7NO3.C2H4O2.Fe.H3N/c1-3(6)5-2-4(7)8;1-2(3)4;;/h2-3,6H,1H3,(H,7,8);1H3,(H,3,4);;1H3. The van der Waals surface area contributed by atoms with Crippen LogP contribution >= 0.6 is 0 Å². The van der Waals surface area contributed by atoms with E-state index in [9.17, 15) is 4.79 Å². The molecule has 0 aliphatic rings. The molecule has 0 saturated carbocycles. The van der Waals surface area contributed by atoms with Crippen LogP contribution in [0, 0.1) is 0 Å². The molecule has 0 heterocycles. The van der Waals surface area contributed by atoms with Crippen LogP contribution in [0.2, 0.25) is 0 Å². The molecule has 0 aromatic heterocycles. The molecule has 7 nitrogen and oxygen atoms in total. The van der Waals surface area contributed by atoms with Gasteiger partial charge in [-0.05, 0) is 6.92 Å². The van der Waals surface area contributed by atoms with Crippen LogP contribution in [0.1, 0.15) is 13.8 Å². The maximum Gasteiger partial charge on any atom is 0.346 e. The van der Waals surface area contributed by atoms with Gasteiger partial charge in [0, 0.05) is 24.0 Å².